The molecule has 0 amide bonds. The van der Waals surface area contributed by atoms with Crippen LogP contribution < -0.4 is 9.47 Å². The first-order valence-electron chi connectivity index (χ1n) is 20.3. The van der Waals surface area contributed by atoms with E-state index in [4.69, 9.17) is 28.4 Å². The zero-order valence-electron chi connectivity index (χ0n) is 34.1. The number of ether oxygens (including phenoxy) is 6. The number of methoxy groups -OCH3 is 1. The van der Waals surface area contributed by atoms with Crippen LogP contribution in [0.15, 0.2) is 158 Å². The van der Waals surface area contributed by atoms with Crippen molar-refractivity contribution in [2.45, 2.75) is 75.2 Å². The largest absolute Gasteiger partial charge is 0.496 e. The van der Waals surface area contributed by atoms with Crippen molar-refractivity contribution in [3.8, 4) is 11.5 Å². The summed E-state index contributed by atoms with van der Waals surface area (Å²) in [5.41, 5.74) is 7.80. The summed E-state index contributed by atoms with van der Waals surface area (Å²) in [4.78, 5) is -1.67. The Morgan fingerprint density at radius 2 is 1.08 bits per heavy atom. The summed E-state index contributed by atoms with van der Waals surface area (Å²) in [5.74, 6) is 1.43. The molecule has 306 valence electrons. The van der Waals surface area contributed by atoms with E-state index in [0.29, 0.717) is 37.6 Å². The van der Waals surface area contributed by atoms with Crippen LogP contribution in [0.3, 0.4) is 0 Å². The number of aliphatic hydroxyl groups is 1. The fourth-order valence-corrected chi connectivity index (χ4v) is 9.22. The fourth-order valence-electron chi connectivity index (χ4n) is 7.61. The van der Waals surface area contributed by atoms with Crippen molar-refractivity contribution >= 4 is 11.8 Å². The molecule has 0 radical (unpaired) electrons. The highest BCUT2D eigenvalue weighted by atomic mass is 32.2. The topological polar surface area (TPSA) is 75.6 Å². The Morgan fingerprint density at radius 3 is 1.61 bits per heavy atom. The number of hydrogen-bond acceptors (Lipinski definition) is 8. The van der Waals surface area contributed by atoms with Crippen LogP contribution >= 0.6 is 11.8 Å². The van der Waals surface area contributed by atoms with E-state index in [1.54, 1.807) is 7.11 Å². The number of thioether (sulfide) groups is 1. The van der Waals surface area contributed by atoms with E-state index < -0.39 is 23.2 Å². The second kappa shape index (κ2) is 20.9. The minimum absolute atomic E-state index is 0.243. The van der Waals surface area contributed by atoms with Crippen LogP contribution in [0, 0.1) is 6.92 Å². The molecule has 5 atom stereocenters. The maximum atomic E-state index is 13.7. The molecule has 1 heterocycles. The lowest BCUT2D eigenvalue weighted by Gasteiger charge is -2.50. The summed E-state index contributed by atoms with van der Waals surface area (Å²) in [7, 11) is 1.67. The van der Waals surface area contributed by atoms with Crippen LogP contribution in [-0.4, -0.2) is 49.0 Å². The van der Waals surface area contributed by atoms with Gasteiger partial charge in [-0.15, -0.1) is 11.8 Å². The van der Waals surface area contributed by atoms with Gasteiger partial charge in [-0.1, -0.05) is 146 Å². The van der Waals surface area contributed by atoms with Crippen molar-refractivity contribution in [2.24, 2.45) is 0 Å². The van der Waals surface area contributed by atoms with E-state index in [1.165, 1.54) is 11.8 Å². The van der Waals surface area contributed by atoms with E-state index in [-0.39, 0.29) is 25.1 Å². The predicted molar refractivity (Wildman–Crippen MR) is 235 cm³/mol. The van der Waals surface area contributed by atoms with Crippen molar-refractivity contribution in [2.75, 3.05) is 20.3 Å². The van der Waals surface area contributed by atoms with Gasteiger partial charge in [-0.25, -0.2) is 0 Å². The van der Waals surface area contributed by atoms with Gasteiger partial charge in [0.05, 0.1) is 52.0 Å². The van der Waals surface area contributed by atoms with Crippen LogP contribution in [-0.2, 0) is 56.7 Å². The third-order valence-corrected chi connectivity index (χ3v) is 12.2. The molecule has 6 aromatic rings. The summed E-state index contributed by atoms with van der Waals surface area (Å²) in [6.07, 6.45) is -1.59. The van der Waals surface area contributed by atoms with Crippen molar-refractivity contribution in [1.82, 2.24) is 0 Å². The molecule has 0 spiro atoms. The van der Waals surface area contributed by atoms with Crippen molar-refractivity contribution in [3.63, 3.8) is 0 Å². The normalized spacial score (nSPS) is 20.3. The monoisotopic (exact) mass is 810 g/mol. The van der Waals surface area contributed by atoms with Crippen LogP contribution in [0.25, 0.3) is 0 Å². The van der Waals surface area contributed by atoms with E-state index >= 15 is 0 Å². The SMILES string of the molecule is CCOc1ccc(Cc2c(C)ccc(C3(O)S[C@H](COCc4ccccc4)[C@@H](OCc4ccccc4)[C@H](OCc4ccccc4)[C@H]3OCc3ccccc3)c2OC)cc1. The molecule has 1 aliphatic rings. The van der Waals surface area contributed by atoms with Gasteiger partial charge in [0.15, 0.2) is 4.93 Å². The number of rotatable bonds is 19. The Morgan fingerprint density at radius 1 is 0.576 bits per heavy atom. The minimum Gasteiger partial charge on any atom is -0.496 e. The van der Waals surface area contributed by atoms with Gasteiger partial charge in [-0.3, -0.25) is 0 Å². The zero-order chi connectivity index (χ0) is 40.9. The molecule has 7 rings (SSSR count). The van der Waals surface area contributed by atoms with Crippen molar-refractivity contribution in [3.05, 3.63) is 202 Å². The number of benzene rings is 6. The third-order valence-electron chi connectivity index (χ3n) is 10.6. The second-order valence-electron chi connectivity index (χ2n) is 14.8. The van der Waals surface area contributed by atoms with Crippen molar-refractivity contribution in [1.29, 1.82) is 0 Å². The molecule has 0 aliphatic carbocycles. The molecular formula is C51H54O7S. The summed E-state index contributed by atoms with van der Waals surface area (Å²) in [6, 6.07) is 52.5. The highest BCUT2D eigenvalue weighted by Gasteiger charge is 2.57. The summed E-state index contributed by atoms with van der Waals surface area (Å²) in [6.45, 7) is 6.23. The lowest BCUT2D eigenvalue weighted by atomic mass is 9.89. The number of aryl methyl sites for hydroxylation is 1. The molecule has 59 heavy (non-hydrogen) atoms. The molecule has 0 saturated carbocycles. The van der Waals surface area contributed by atoms with Gasteiger partial charge in [0, 0.05) is 17.5 Å². The lowest BCUT2D eigenvalue weighted by molar-refractivity contribution is -0.199. The van der Waals surface area contributed by atoms with Gasteiger partial charge in [-0.05, 0) is 59.4 Å². The first-order valence-corrected chi connectivity index (χ1v) is 21.2. The first kappa shape index (κ1) is 42.2. The zero-order valence-corrected chi connectivity index (χ0v) is 34.9. The minimum atomic E-state index is -1.67. The van der Waals surface area contributed by atoms with Crippen LogP contribution in [0.4, 0.5) is 0 Å². The van der Waals surface area contributed by atoms with Crippen LogP contribution in [0.1, 0.15) is 51.4 Å². The quantitative estimate of drug-likeness (QED) is 0.0867. The molecule has 8 heteroatoms. The molecule has 7 nitrogen and oxygen atoms in total. The van der Waals surface area contributed by atoms with Crippen molar-refractivity contribution < 1.29 is 33.5 Å². The molecule has 1 saturated heterocycles. The van der Waals surface area contributed by atoms with Crippen LogP contribution in [0.2, 0.25) is 0 Å². The first-order chi connectivity index (χ1) is 28.9. The molecular weight excluding hydrogens is 757 g/mol. The average molecular weight is 811 g/mol. The smallest absolute Gasteiger partial charge is 0.168 e. The predicted octanol–water partition coefficient (Wildman–Crippen LogP) is 10.2. The molecule has 1 unspecified atom stereocenters. The van der Waals surface area contributed by atoms with Crippen LogP contribution in [0.5, 0.6) is 11.5 Å². The van der Waals surface area contributed by atoms with Gasteiger partial charge in [0.25, 0.3) is 0 Å². The molecule has 1 fully saturated rings. The Bertz CT molecular complexity index is 2150. The molecule has 1 aliphatic heterocycles. The van der Waals surface area contributed by atoms with E-state index in [1.807, 2.05) is 122 Å². The standard InChI is InChI=1S/C51H54O7S/c1-4-55-43-28-26-38(27-29-43)31-44-37(2)25-30-45(47(44)53-3)51(52)50(58-35-42-23-15-8-16-24-42)49(57-34-41-21-13-7-14-22-41)48(56-33-40-19-11-6-12-20-40)46(59-51)36-54-32-39-17-9-5-10-18-39/h5-30,46,48-50,52H,4,31-36H2,1-3H3/t46-,48-,49+,50-,51?/m1/s1. The van der Waals surface area contributed by atoms with Gasteiger partial charge in [-0.2, -0.15) is 0 Å². The fraction of sp³-hybridized carbons (Fsp3) is 0.294. The Balaban J connectivity index is 1.32. The molecule has 1 N–H and O–H groups in total. The van der Waals surface area contributed by atoms with E-state index in [0.717, 1.165) is 44.7 Å². The number of hydrogen-bond donors (Lipinski definition) is 1. The maximum absolute atomic E-state index is 13.7. The summed E-state index contributed by atoms with van der Waals surface area (Å²) >= 11 is 1.40. The van der Waals surface area contributed by atoms with Gasteiger partial charge < -0.3 is 33.5 Å². The van der Waals surface area contributed by atoms with Gasteiger partial charge >= 0.3 is 0 Å². The highest BCUT2D eigenvalue weighted by Crippen LogP contribution is 2.53. The summed E-state index contributed by atoms with van der Waals surface area (Å²) < 4.78 is 39.5. The molecule has 6 aromatic carbocycles. The molecule has 0 aromatic heterocycles. The lowest BCUT2D eigenvalue weighted by Crippen LogP contribution is -2.61. The second-order valence-corrected chi connectivity index (χ2v) is 16.3. The highest BCUT2D eigenvalue weighted by molar-refractivity contribution is 8.00. The Hall–Kier alpha value is -4.93. The average Bonchev–Trinajstić information content (AvgIpc) is 3.27. The van der Waals surface area contributed by atoms with E-state index in [9.17, 15) is 5.11 Å². The molecule has 0 bridgehead atoms. The Kier molecular flexibility index (Phi) is 14.9. The Labute approximate surface area is 353 Å². The summed E-state index contributed by atoms with van der Waals surface area (Å²) in [5, 5.41) is 13.3. The van der Waals surface area contributed by atoms with Gasteiger partial charge in [0.2, 0.25) is 0 Å². The van der Waals surface area contributed by atoms with Gasteiger partial charge in [0.1, 0.15) is 29.8 Å². The third kappa shape index (κ3) is 10.8. The van der Waals surface area contributed by atoms with E-state index in [2.05, 4.69) is 49.4 Å². The maximum Gasteiger partial charge on any atom is 0.168 e.